The average Bonchev–Trinajstić information content (AvgIpc) is 3.51. The van der Waals surface area contributed by atoms with Gasteiger partial charge in [-0.1, -0.05) is 107 Å². The van der Waals surface area contributed by atoms with Crippen LogP contribution in [0.4, 0.5) is 0 Å². The van der Waals surface area contributed by atoms with Crippen LogP contribution in [0.2, 0.25) is 0 Å². The second-order valence-electron chi connectivity index (χ2n) is 13.0. The summed E-state index contributed by atoms with van der Waals surface area (Å²) in [7, 11) is 0. The molecule has 2 heterocycles. The van der Waals surface area contributed by atoms with Gasteiger partial charge in [0.25, 0.3) is 0 Å². The van der Waals surface area contributed by atoms with Crippen molar-refractivity contribution in [1.29, 1.82) is 0 Å². The second kappa shape index (κ2) is 8.11. The van der Waals surface area contributed by atoms with E-state index >= 15 is 0 Å². The summed E-state index contributed by atoms with van der Waals surface area (Å²) in [6, 6.07) is 38.3. The first kappa shape index (κ1) is 23.6. The lowest BCUT2D eigenvalue weighted by atomic mass is 9.63. The van der Waals surface area contributed by atoms with Crippen molar-refractivity contribution >= 4 is 43.6 Å². The molecule has 0 atom stereocenters. The van der Waals surface area contributed by atoms with E-state index in [4.69, 9.17) is 0 Å². The van der Waals surface area contributed by atoms with Gasteiger partial charge in [0.05, 0.1) is 16.6 Å². The zero-order valence-electron chi connectivity index (χ0n) is 23.7. The first-order valence-electron chi connectivity index (χ1n) is 14.5. The van der Waals surface area contributed by atoms with E-state index in [1.54, 1.807) is 0 Å². The zero-order chi connectivity index (χ0) is 27.2. The topological polar surface area (TPSA) is 20.7 Å². The number of nitrogens with zero attached hydrogens (tertiary/aromatic N) is 1. The SMILES string of the molecule is CC1(C)CCC(C)(C)c2cc(-c3ccc(-n4c5ccccc5c5ccc6c7ccccc7[nH]c6c54)cc3)ccc21. The van der Waals surface area contributed by atoms with Crippen LogP contribution < -0.4 is 0 Å². The predicted molar refractivity (Wildman–Crippen MR) is 171 cm³/mol. The smallest absolute Gasteiger partial charge is 0.0783 e. The Balaban J connectivity index is 1.32. The molecule has 0 spiro atoms. The molecule has 7 aromatic rings. The van der Waals surface area contributed by atoms with Gasteiger partial charge in [0.15, 0.2) is 0 Å². The van der Waals surface area contributed by atoms with E-state index < -0.39 is 0 Å². The highest BCUT2D eigenvalue weighted by Crippen LogP contribution is 2.47. The second-order valence-corrected chi connectivity index (χ2v) is 13.0. The molecule has 1 aliphatic rings. The minimum Gasteiger partial charge on any atom is -0.353 e. The van der Waals surface area contributed by atoms with Gasteiger partial charge in [-0.3, -0.25) is 0 Å². The number of rotatable bonds is 2. The van der Waals surface area contributed by atoms with Gasteiger partial charge in [0.1, 0.15) is 0 Å². The minimum atomic E-state index is 0.203. The number of fused-ring (bicyclic) bond motifs is 8. The van der Waals surface area contributed by atoms with Crippen LogP contribution in [0.25, 0.3) is 60.4 Å². The lowest BCUT2D eigenvalue weighted by molar-refractivity contribution is 0.332. The Hall–Kier alpha value is -4.30. The lowest BCUT2D eigenvalue weighted by Gasteiger charge is -2.42. The summed E-state index contributed by atoms with van der Waals surface area (Å²) in [6.07, 6.45) is 2.47. The summed E-state index contributed by atoms with van der Waals surface area (Å²) >= 11 is 0. The van der Waals surface area contributed by atoms with Gasteiger partial charge in [-0.15, -0.1) is 0 Å². The Morgan fingerprint density at radius 3 is 2.02 bits per heavy atom. The lowest BCUT2D eigenvalue weighted by Crippen LogP contribution is -2.33. The molecule has 40 heavy (non-hydrogen) atoms. The number of aromatic amines is 1. The van der Waals surface area contributed by atoms with Crippen LogP contribution in [0, 0.1) is 0 Å². The molecule has 2 heteroatoms. The molecule has 2 aromatic heterocycles. The van der Waals surface area contributed by atoms with Crippen LogP contribution in [-0.4, -0.2) is 9.55 Å². The number of para-hydroxylation sites is 2. The maximum absolute atomic E-state index is 3.75. The van der Waals surface area contributed by atoms with Gasteiger partial charge >= 0.3 is 0 Å². The van der Waals surface area contributed by atoms with E-state index in [-0.39, 0.29) is 10.8 Å². The molecule has 0 bridgehead atoms. The fourth-order valence-corrected chi connectivity index (χ4v) is 7.21. The van der Waals surface area contributed by atoms with Gasteiger partial charge < -0.3 is 9.55 Å². The summed E-state index contributed by atoms with van der Waals surface area (Å²) in [5, 5.41) is 5.09. The van der Waals surface area contributed by atoms with Crippen LogP contribution >= 0.6 is 0 Å². The molecule has 0 saturated heterocycles. The van der Waals surface area contributed by atoms with Gasteiger partial charge in [0.2, 0.25) is 0 Å². The number of nitrogens with one attached hydrogen (secondary N) is 1. The Morgan fingerprint density at radius 2 is 1.23 bits per heavy atom. The quantitative estimate of drug-likeness (QED) is 0.235. The summed E-state index contributed by atoms with van der Waals surface area (Å²) in [5.74, 6) is 0. The van der Waals surface area contributed by atoms with Crippen molar-refractivity contribution in [3.63, 3.8) is 0 Å². The number of aromatic nitrogens is 2. The maximum Gasteiger partial charge on any atom is 0.0783 e. The highest BCUT2D eigenvalue weighted by molar-refractivity contribution is 6.22. The van der Waals surface area contributed by atoms with E-state index in [0.717, 1.165) is 0 Å². The standard InChI is InChI=1S/C38H34N2/c1-37(2)21-22-38(3,4)32-23-25(15-20-31(32)37)24-13-16-26(17-14-24)40-34-12-8-6-10-28(34)30-19-18-29-27-9-5-7-11-33(27)39-35(29)36(30)40/h5-20,23,39H,21-22H2,1-4H3. The molecule has 196 valence electrons. The molecule has 0 amide bonds. The van der Waals surface area contributed by atoms with E-state index in [1.165, 1.54) is 84.4 Å². The highest BCUT2D eigenvalue weighted by Gasteiger charge is 2.37. The van der Waals surface area contributed by atoms with Crippen LogP contribution in [0.5, 0.6) is 0 Å². The average molecular weight is 519 g/mol. The van der Waals surface area contributed by atoms with Crippen molar-refractivity contribution in [2.45, 2.75) is 51.4 Å². The van der Waals surface area contributed by atoms with Gasteiger partial charge in [-0.2, -0.15) is 0 Å². The molecule has 0 saturated carbocycles. The normalized spacial score (nSPS) is 16.2. The van der Waals surface area contributed by atoms with Crippen LogP contribution in [0.1, 0.15) is 51.7 Å². The largest absolute Gasteiger partial charge is 0.353 e. The van der Waals surface area contributed by atoms with Crippen molar-refractivity contribution in [3.05, 3.63) is 114 Å². The molecule has 0 aliphatic heterocycles. The number of hydrogen-bond acceptors (Lipinski definition) is 0. The third kappa shape index (κ3) is 3.29. The number of hydrogen-bond donors (Lipinski definition) is 1. The first-order chi connectivity index (χ1) is 19.3. The molecule has 2 nitrogen and oxygen atoms in total. The fraction of sp³-hybridized carbons (Fsp3) is 0.211. The van der Waals surface area contributed by atoms with Crippen LogP contribution in [-0.2, 0) is 10.8 Å². The molecule has 5 aromatic carbocycles. The van der Waals surface area contributed by atoms with Crippen molar-refractivity contribution in [2.24, 2.45) is 0 Å². The summed E-state index contributed by atoms with van der Waals surface area (Å²) in [5.41, 5.74) is 12.0. The molecule has 8 rings (SSSR count). The Labute approximate surface area is 235 Å². The summed E-state index contributed by atoms with van der Waals surface area (Å²) < 4.78 is 2.44. The first-order valence-corrected chi connectivity index (χ1v) is 14.5. The van der Waals surface area contributed by atoms with E-state index in [0.29, 0.717) is 0 Å². The third-order valence-electron chi connectivity index (χ3n) is 9.63. The van der Waals surface area contributed by atoms with E-state index in [1.807, 2.05) is 0 Å². The fourth-order valence-electron chi connectivity index (χ4n) is 7.21. The van der Waals surface area contributed by atoms with Gasteiger partial charge in [-0.05, 0) is 70.2 Å². The monoisotopic (exact) mass is 518 g/mol. The zero-order valence-corrected chi connectivity index (χ0v) is 23.7. The van der Waals surface area contributed by atoms with Crippen LogP contribution in [0.15, 0.2) is 103 Å². The summed E-state index contributed by atoms with van der Waals surface area (Å²) in [6.45, 7) is 9.60. The van der Waals surface area contributed by atoms with Crippen LogP contribution in [0.3, 0.4) is 0 Å². The maximum atomic E-state index is 3.75. The number of H-pyrrole nitrogens is 1. The molecular formula is C38H34N2. The van der Waals surface area contributed by atoms with E-state index in [9.17, 15) is 0 Å². The Kier molecular flexibility index (Phi) is 4.78. The van der Waals surface area contributed by atoms with E-state index in [2.05, 4.69) is 140 Å². The molecule has 0 fully saturated rings. The van der Waals surface area contributed by atoms with Crippen molar-refractivity contribution in [1.82, 2.24) is 9.55 Å². The molecule has 0 unspecified atom stereocenters. The van der Waals surface area contributed by atoms with Crippen molar-refractivity contribution in [2.75, 3.05) is 0 Å². The molecular weight excluding hydrogens is 484 g/mol. The Morgan fingerprint density at radius 1 is 0.575 bits per heavy atom. The van der Waals surface area contributed by atoms with Gasteiger partial charge in [-0.25, -0.2) is 0 Å². The number of benzene rings is 5. The third-order valence-corrected chi connectivity index (χ3v) is 9.63. The summed E-state index contributed by atoms with van der Waals surface area (Å²) in [4.78, 5) is 3.75. The molecule has 1 N–H and O–H groups in total. The Bertz CT molecular complexity index is 2100. The molecule has 0 radical (unpaired) electrons. The minimum absolute atomic E-state index is 0.203. The van der Waals surface area contributed by atoms with Crippen molar-refractivity contribution in [3.8, 4) is 16.8 Å². The van der Waals surface area contributed by atoms with Gasteiger partial charge in [0, 0.05) is 32.7 Å². The van der Waals surface area contributed by atoms with Crippen molar-refractivity contribution < 1.29 is 0 Å². The highest BCUT2D eigenvalue weighted by atomic mass is 15.0. The predicted octanol–water partition coefficient (Wildman–Crippen LogP) is 10.4. The molecule has 1 aliphatic carbocycles.